The first kappa shape index (κ1) is 26.6. The minimum atomic E-state index is -2.52. The average molecular weight is 486 g/mol. The van der Waals surface area contributed by atoms with Crippen LogP contribution < -0.4 is 10.1 Å². The fraction of sp³-hybridized carbons (Fsp3) is 0.760. The number of nitrogens with one attached hydrogen (secondary N) is 1. The molecule has 0 spiro atoms. The summed E-state index contributed by atoms with van der Waals surface area (Å²) in [4.78, 5) is 18.7. The van der Waals surface area contributed by atoms with Crippen LogP contribution in [0.5, 0.6) is 5.88 Å². The van der Waals surface area contributed by atoms with E-state index in [2.05, 4.69) is 15.2 Å². The number of aromatic nitrogens is 1. The third-order valence-corrected chi connectivity index (χ3v) is 6.46. The van der Waals surface area contributed by atoms with Crippen LogP contribution in [0, 0.1) is 0 Å². The van der Waals surface area contributed by atoms with Crippen molar-refractivity contribution < 1.29 is 27.4 Å². The number of fused-ring (bicyclic) bond motifs is 1. The van der Waals surface area contributed by atoms with Crippen molar-refractivity contribution in [3.8, 4) is 5.88 Å². The van der Waals surface area contributed by atoms with Gasteiger partial charge in [-0.3, -0.25) is 0 Å². The molecule has 1 N–H and O–H groups in total. The fourth-order valence-corrected chi connectivity index (χ4v) is 4.68. The molecule has 0 radical (unpaired) electrons. The molecule has 34 heavy (non-hydrogen) atoms. The lowest BCUT2D eigenvalue weighted by molar-refractivity contribution is 0.0413. The Morgan fingerprint density at radius 3 is 2.62 bits per heavy atom. The van der Waals surface area contributed by atoms with E-state index in [0.29, 0.717) is 32.1 Å². The van der Waals surface area contributed by atoms with Crippen LogP contribution in [0.1, 0.15) is 70.6 Å². The van der Waals surface area contributed by atoms with Crippen molar-refractivity contribution >= 4 is 6.09 Å². The normalized spacial score (nSPS) is 23.8. The van der Waals surface area contributed by atoms with Gasteiger partial charge in [0.15, 0.2) is 6.61 Å². The molecule has 6 nitrogen and oxygen atoms in total. The molecule has 0 unspecified atom stereocenters. The predicted octanol–water partition coefficient (Wildman–Crippen LogP) is 5.08. The number of hydrogen-bond acceptors (Lipinski definition) is 5. The number of ether oxygens (including phenoxy) is 2. The Morgan fingerprint density at radius 1 is 1.24 bits per heavy atom. The monoisotopic (exact) mass is 485 g/mol. The van der Waals surface area contributed by atoms with Crippen molar-refractivity contribution in [3.63, 3.8) is 0 Å². The standard InChI is InChI=1S/C25H38F3N3O3/c1-24(2,3)34-23(32)29-19-7-12-25(28,13-8-19)11-4-14-31-15-9-18-5-6-22(33-17-21(26)27)30-20(18)10-16-31/h5-6,19,21H,4,7-17H2,1-3H3,(H,29,32). The SMILES string of the molecule is CC(C)(C)OC(=O)NC1CCC(F)(CCCN2CCc3ccc(OCC(F)F)nc3CC2)CC1. The molecular weight excluding hydrogens is 447 g/mol. The molecule has 0 saturated heterocycles. The first-order valence-corrected chi connectivity index (χ1v) is 12.3. The van der Waals surface area contributed by atoms with Gasteiger partial charge in [0.25, 0.3) is 6.43 Å². The van der Waals surface area contributed by atoms with E-state index in [-0.39, 0.29) is 11.9 Å². The number of hydrogen-bond donors (Lipinski definition) is 1. The molecule has 192 valence electrons. The highest BCUT2D eigenvalue weighted by atomic mass is 19.3. The Kier molecular flexibility index (Phi) is 9.07. The summed E-state index contributed by atoms with van der Waals surface area (Å²) < 4.78 is 50.4. The van der Waals surface area contributed by atoms with E-state index in [1.807, 2.05) is 26.8 Å². The molecule has 1 fully saturated rings. The second-order valence-electron chi connectivity index (χ2n) is 10.5. The average Bonchev–Trinajstić information content (AvgIpc) is 2.95. The molecule has 1 saturated carbocycles. The summed E-state index contributed by atoms with van der Waals surface area (Å²) in [6.45, 7) is 7.30. The van der Waals surface area contributed by atoms with Gasteiger partial charge in [-0.05, 0) is 77.8 Å². The van der Waals surface area contributed by atoms with E-state index >= 15 is 4.39 Å². The summed E-state index contributed by atoms with van der Waals surface area (Å²) in [6.07, 6.45) is 2.02. The Bertz CT molecular complexity index is 808. The maximum absolute atomic E-state index is 15.3. The number of alkyl carbamates (subject to hydrolysis) is 1. The number of halogens is 3. The summed E-state index contributed by atoms with van der Waals surface area (Å²) in [5, 5.41) is 2.87. The first-order chi connectivity index (χ1) is 16.0. The van der Waals surface area contributed by atoms with Gasteiger partial charge in [0.2, 0.25) is 5.88 Å². The molecule has 1 aromatic rings. The quantitative estimate of drug-likeness (QED) is 0.556. The minimum Gasteiger partial charge on any atom is -0.472 e. The Morgan fingerprint density at radius 2 is 1.94 bits per heavy atom. The molecule has 3 rings (SSSR count). The van der Waals surface area contributed by atoms with Crippen LogP contribution in [-0.4, -0.2) is 66.0 Å². The van der Waals surface area contributed by atoms with Crippen LogP contribution in [0.15, 0.2) is 12.1 Å². The van der Waals surface area contributed by atoms with Gasteiger partial charge in [0, 0.05) is 37.3 Å². The lowest BCUT2D eigenvalue weighted by Gasteiger charge is -2.35. The van der Waals surface area contributed by atoms with Gasteiger partial charge in [-0.15, -0.1) is 0 Å². The van der Waals surface area contributed by atoms with Gasteiger partial charge in [0.1, 0.15) is 11.3 Å². The van der Waals surface area contributed by atoms with Gasteiger partial charge < -0.3 is 19.7 Å². The van der Waals surface area contributed by atoms with Crippen molar-refractivity contribution in [1.29, 1.82) is 0 Å². The van der Waals surface area contributed by atoms with Crippen LogP contribution >= 0.6 is 0 Å². The van der Waals surface area contributed by atoms with Crippen molar-refractivity contribution in [2.45, 2.75) is 95.9 Å². The highest BCUT2D eigenvalue weighted by Gasteiger charge is 2.36. The number of pyridine rings is 1. The molecule has 2 aliphatic rings. The van der Waals surface area contributed by atoms with Gasteiger partial charge in [-0.25, -0.2) is 22.9 Å². The number of carbonyl (C=O) groups is 1. The van der Waals surface area contributed by atoms with Gasteiger partial charge >= 0.3 is 6.09 Å². The van der Waals surface area contributed by atoms with E-state index in [0.717, 1.165) is 50.2 Å². The molecular formula is C25H38F3N3O3. The number of amides is 1. The van der Waals surface area contributed by atoms with Gasteiger partial charge in [0.05, 0.1) is 0 Å². The fourth-order valence-electron chi connectivity index (χ4n) is 4.68. The van der Waals surface area contributed by atoms with Crippen molar-refractivity contribution in [1.82, 2.24) is 15.2 Å². The zero-order chi connectivity index (χ0) is 24.8. The number of rotatable bonds is 8. The largest absolute Gasteiger partial charge is 0.472 e. The molecule has 1 aliphatic heterocycles. The summed E-state index contributed by atoms with van der Waals surface area (Å²) in [6, 6.07) is 3.52. The topological polar surface area (TPSA) is 63.7 Å². The molecule has 9 heteroatoms. The Hall–Kier alpha value is -2.03. The van der Waals surface area contributed by atoms with Crippen molar-refractivity contribution in [2.24, 2.45) is 0 Å². The van der Waals surface area contributed by atoms with Gasteiger partial charge in [-0.1, -0.05) is 6.07 Å². The van der Waals surface area contributed by atoms with E-state index in [4.69, 9.17) is 9.47 Å². The summed E-state index contributed by atoms with van der Waals surface area (Å²) in [7, 11) is 0. The van der Waals surface area contributed by atoms with E-state index in [1.165, 1.54) is 0 Å². The van der Waals surface area contributed by atoms with E-state index in [9.17, 15) is 13.6 Å². The molecule has 0 atom stereocenters. The lowest BCUT2D eigenvalue weighted by atomic mass is 9.81. The number of carbonyl (C=O) groups excluding carboxylic acids is 1. The van der Waals surface area contributed by atoms with Crippen molar-refractivity contribution in [2.75, 3.05) is 26.2 Å². The zero-order valence-corrected chi connectivity index (χ0v) is 20.5. The van der Waals surface area contributed by atoms with E-state index < -0.39 is 30.4 Å². The van der Waals surface area contributed by atoms with Crippen LogP contribution in [0.25, 0.3) is 0 Å². The highest BCUT2D eigenvalue weighted by molar-refractivity contribution is 5.68. The van der Waals surface area contributed by atoms with Crippen LogP contribution in [0.4, 0.5) is 18.0 Å². The Balaban J connectivity index is 1.38. The molecule has 1 aromatic heterocycles. The van der Waals surface area contributed by atoms with Crippen LogP contribution in [0.2, 0.25) is 0 Å². The first-order valence-electron chi connectivity index (χ1n) is 12.3. The lowest BCUT2D eigenvalue weighted by Crippen LogP contribution is -2.43. The maximum atomic E-state index is 15.3. The number of nitrogens with zero attached hydrogens (tertiary/aromatic N) is 2. The second kappa shape index (κ2) is 11.6. The second-order valence-corrected chi connectivity index (χ2v) is 10.5. The summed E-state index contributed by atoms with van der Waals surface area (Å²) >= 11 is 0. The zero-order valence-electron chi connectivity index (χ0n) is 20.5. The summed E-state index contributed by atoms with van der Waals surface area (Å²) in [5.41, 5.74) is 0.286. The maximum Gasteiger partial charge on any atom is 0.407 e. The molecule has 0 bridgehead atoms. The van der Waals surface area contributed by atoms with Crippen molar-refractivity contribution in [3.05, 3.63) is 23.4 Å². The third-order valence-electron chi connectivity index (χ3n) is 6.46. The van der Waals surface area contributed by atoms with Crippen LogP contribution in [-0.2, 0) is 17.6 Å². The molecule has 1 aliphatic carbocycles. The highest BCUT2D eigenvalue weighted by Crippen LogP contribution is 2.36. The molecule has 1 amide bonds. The van der Waals surface area contributed by atoms with E-state index in [1.54, 1.807) is 6.07 Å². The smallest absolute Gasteiger partial charge is 0.407 e. The predicted molar refractivity (Wildman–Crippen MR) is 124 cm³/mol. The summed E-state index contributed by atoms with van der Waals surface area (Å²) in [5.74, 6) is 0.239. The van der Waals surface area contributed by atoms with Gasteiger partial charge in [-0.2, -0.15) is 0 Å². The Labute approximate surface area is 200 Å². The number of alkyl halides is 3. The molecule has 0 aromatic carbocycles. The van der Waals surface area contributed by atoms with Crippen LogP contribution in [0.3, 0.4) is 0 Å². The minimum absolute atomic E-state index is 0.0371. The third kappa shape index (κ3) is 8.64. The molecule has 2 heterocycles.